The largest absolute Gasteiger partial charge is 0.467 e. The molecule has 4 aromatic rings. The fourth-order valence-corrected chi connectivity index (χ4v) is 5.52. The minimum atomic E-state index is 0.0782. The van der Waals surface area contributed by atoms with Crippen LogP contribution in [0.2, 0.25) is 0 Å². The lowest BCUT2D eigenvalue weighted by Crippen LogP contribution is -2.38. The van der Waals surface area contributed by atoms with Crippen molar-refractivity contribution in [3.8, 4) is 16.5 Å². The highest BCUT2D eigenvalue weighted by atomic mass is 32.1. The summed E-state index contributed by atoms with van der Waals surface area (Å²) in [5.74, 6) is 1.48. The third-order valence-electron chi connectivity index (χ3n) is 5.97. The minimum absolute atomic E-state index is 0.0782. The maximum Gasteiger partial charge on any atom is 0.324 e. The standard InChI is InChI=1S/C22H26N6O2S2/c1-12(2)19-25-21(30-26-19)28-9-7-15(8-10-28)14(4)29-22-24-18-6-5-17(23-20(18)32-22)16-11-31-27-13(16)3/h5-6,11-12,14-15H,7-10H2,1-4H3. The zero-order chi connectivity index (χ0) is 22.2. The normalized spacial score (nSPS) is 16.2. The number of hydrogen-bond acceptors (Lipinski definition) is 10. The monoisotopic (exact) mass is 470 g/mol. The van der Waals surface area contributed by atoms with E-state index in [1.807, 2.05) is 24.4 Å². The summed E-state index contributed by atoms with van der Waals surface area (Å²) in [6.07, 6.45) is 2.10. The average Bonchev–Trinajstić information content (AvgIpc) is 3.52. The summed E-state index contributed by atoms with van der Waals surface area (Å²) in [6.45, 7) is 10.0. The smallest absolute Gasteiger partial charge is 0.324 e. The molecule has 0 N–H and O–H groups in total. The summed E-state index contributed by atoms with van der Waals surface area (Å²) in [5, 5.41) is 6.80. The van der Waals surface area contributed by atoms with Crippen LogP contribution in [0.5, 0.6) is 5.19 Å². The molecular weight excluding hydrogens is 444 g/mol. The van der Waals surface area contributed by atoms with Crippen LogP contribution in [0.4, 0.5) is 6.01 Å². The van der Waals surface area contributed by atoms with Gasteiger partial charge in [0.25, 0.3) is 5.19 Å². The number of ether oxygens (including phenoxy) is 1. The van der Waals surface area contributed by atoms with Crippen LogP contribution < -0.4 is 9.64 Å². The van der Waals surface area contributed by atoms with E-state index in [1.165, 1.54) is 22.9 Å². The van der Waals surface area contributed by atoms with Gasteiger partial charge in [-0.3, -0.25) is 0 Å². The molecule has 1 fully saturated rings. The number of thiazole rings is 1. The van der Waals surface area contributed by atoms with Crippen LogP contribution >= 0.6 is 22.9 Å². The third-order valence-corrected chi connectivity index (χ3v) is 7.55. The number of anilines is 1. The van der Waals surface area contributed by atoms with Crippen molar-refractivity contribution in [2.75, 3.05) is 18.0 Å². The van der Waals surface area contributed by atoms with Crippen LogP contribution in [0.15, 0.2) is 22.0 Å². The van der Waals surface area contributed by atoms with Gasteiger partial charge in [0.1, 0.15) is 16.5 Å². The van der Waals surface area contributed by atoms with Gasteiger partial charge in [-0.25, -0.2) is 9.97 Å². The molecule has 5 rings (SSSR count). The lowest BCUT2D eigenvalue weighted by Gasteiger charge is -2.33. The Kier molecular flexibility index (Phi) is 5.81. The van der Waals surface area contributed by atoms with Crippen LogP contribution in [-0.2, 0) is 0 Å². The van der Waals surface area contributed by atoms with Gasteiger partial charge >= 0.3 is 6.01 Å². The number of aromatic nitrogens is 5. The number of hydrogen-bond donors (Lipinski definition) is 0. The lowest BCUT2D eigenvalue weighted by molar-refractivity contribution is 0.131. The Bertz CT molecular complexity index is 1210. The molecule has 0 saturated carbocycles. The summed E-state index contributed by atoms with van der Waals surface area (Å²) in [6, 6.07) is 4.64. The van der Waals surface area contributed by atoms with E-state index >= 15 is 0 Å². The molecule has 0 aromatic carbocycles. The van der Waals surface area contributed by atoms with E-state index in [0.29, 0.717) is 17.1 Å². The van der Waals surface area contributed by atoms with Gasteiger partial charge in [-0.05, 0) is 56.3 Å². The van der Waals surface area contributed by atoms with Crippen molar-refractivity contribution in [3.05, 3.63) is 29.0 Å². The summed E-state index contributed by atoms with van der Waals surface area (Å²) < 4.78 is 16.1. The molecule has 10 heteroatoms. The van der Waals surface area contributed by atoms with Crippen molar-refractivity contribution in [1.29, 1.82) is 0 Å². The van der Waals surface area contributed by atoms with Crippen molar-refractivity contribution in [1.82, 2.24) is 24.5 Å². The average molecular weight is 471 g/mol. The van der Waals surface area contributed by atoms with Gasteiger partial charge in [0.15, 0.2) is 5.82 Å². The first-order chi connectivity index (χ1) is 15.5. The van der Waals surface area contributed by atoms with Gasteiger partial charge in [-0.15, -0.1) is 0 Å². The van der Waals surface area contributed by atoms with E-state index in [9.17, 15) is 0 Å². The van der Waals surface area contributed by atoms with Crippen molar-refractivity contribution in [3.63, 3.8) is 0 Å². The predicted octanol–water partition coefficient (Wildman–Crippen LogP) is 5.31. The van der Waals surface area contributed by atoms with Gasteiger partial charge < -0.3 is 14.2 Å². The van der Waals surface area contributed by atoms with Crippen molar-refractivity contribution < 1.29 is 9.26 Å². The van der Waals surface area contributed by atoms with Crippen LogP contribution in [0.3, 0.4) is 0 Å². The van der Waals surface area contributed by atoms with Gasteiger partial charge in [0.05, 0.1) is 11.4 Å². The quantitative estimate of drug-likeness (QED) is 0.374. The molecule has 1 aliphatic rings. The molecule has 168 valence electrons. The predicted molar refractivity (Wildman–Crippen MR) is 127 cm³/mol. The van der Waals surface area contributed by atoms with E-state index in [2.05, 4.69) is 45.2 Å². The Morgan fingerprint density at radius 2 is 1.94 bits per heavy atom. The minimum Gasteiger partial charge on any atom is -0.467 e. The fourth-order valence-electron chi connectivity index (χ4n) is 3.94. The summed E-state index contributed by atoms with van der Waals surface area (Å²) >= 11 is 2.96. The van der Waals surface area contributed by atoms with E-state index in [-0.39, 0.29) is 12.0 Å². The Labute approximate surface area is 194 Å². The van der Waals surface area contributed by atoms with Crippen LogP contribution in [0, 0.1) is 12.8 Å². The maximum atomic E-state index is 6.26. The molecule has 0 amide bonds. The lowest BCUT2D eigenvalue weighted by atomic mass is 9.92. The highest BCUT2D eigenvalue weighted by molar-refractivity contribution is 7.19. The van der Waals surface area contributed by atoms with E-state index in [0.717, 1.165) is 59.1 Å². The Morgan fingerprint density at radius 1 is 1.12 bits per heavy atom. The molecule has 5 heterocycles. The highest BCUT2D eigenvalue weighted by Gasteiger charge is 2.28. The maximum absolute atomic E-state index is 6.26. The SMILES string of the molecule is Cc1nscc1-c1ccc2nc(OC(C)C3CCN(c4nc(C(C)C)no4)CC3)sc2n1. The zero-order valence-electron chi connectivity index (χ0n) is 18.6. The van der Waals surface area contributed by atoms with Gasteiger partial charge in [0, 0.05) is 30.0 Å². The second kappa shape index (κ2) is 8.74. The number of fused-ring (bicyclic) bond motifs is 1. The molecule has 8 nitrogen and oxygen atoms in total. The second-order valence-corrected chi connectivity index (χ2v) is 10.1. The number of piperidine rings is 1. The van der Waals surface area contributed by atoms with E-state index < -0.39 is 0 Å². The molecule has 0 bridgehead atoms. The topological polar surface area (TPSA) is 90.1 Å². The highest BCUT2D eigenvalue weighted by Crippen LogP contribution is 2.33. The van der Waals surface area contributed by atoms with Crippen molar-refractivity contribution in [2.45, 2.75) is 52.6 Å². The van der Waals surface area contributed by atoms with Crippen LogP contribution in [0.25, 0.3) is 21.6 Å². The Balaban J connectivity index is 1.22. The van der Waals surface area contributed by atoms with Crippen molar-refractivity contribution >= 4 is 39.2 Å². The zero-order valence-corrected chi connectivity index (χ0v) is 20.2. The van der Waals surface area contributed by atoms with Gasteiger partial charge in [-0.2, -0.15) is 9.36 Å². The second-order valence-electron chi connectivity index (χ2n) is 8.55. The molecule has 1 unspecified atom stereocenters. The summed E-state index contributed by atoms with van der Waals surface area (Å²) in [7, 11) is 0. The number of pyridine rings is 1. The van der Waals surface area contributed by atoms with E-state index in [1.54, 1.807) is 0 Å². The van der Waals surface area contributed by atoms with Crippen LogP contribution in [-0.4, -0.2) is 43.7 Å². The number of nitrogens with zero attached hydrogens (tertiary/aromatic N) is 6. The first-order valence-corrected chi connectivity index (χ1v) is 12.6. The summed E-state index contributed by atoms with van der Waals surface area (Å²) in [4.78, 5) is 17.0. The first kappa shape index (κ1) is 21.3. The molecule has 0 spiro atoms. The summed E-state index contributed by atoms with van der Waals surface area (Å²) in [5.41, 5.74) is 3.88. The molecule has 1 aliphatic heterocycles. The Hall–Kier alpha value is -2.59. The van der Waals surface area contributed by atoms with Crippen molar-refractivity contribution in [2.24, 2.45) is 5.92 Å². The number of rotatable bonds is 6. The molecule has 32 heavy (non-hydrogen) atoms. The fraction of sp³-hybridized carbons (Fsp3) is 0.500. The molecule has 4 aromatic heterocycles. The molecule has 0 radical (unpaired) electrons. The van der Waals surface area contributed by atoms with Crippen LogP contribution in [0.1, 0.15) is 51.0 Å². The van der Waals surface area contributed by atoms with Gasteiger partial charge in [0.2, 0.25) is 0 Å². The molecule has 1 atom stereocenters. The third kappa shape index (κ3) is 4.21. The molecular formula is C22H26N6O2S2. The Morgan fingerprint density at radius 3 is 2.62 bits per heavy atom. The van der Waals surface area contributed by atoms with Gasteiger partial charge in [-0.1, -0.05) is 30.3 Å². The first-order valence-electron chi connectivity index (χ1n) is 10.9. The van der Waals surface area contributed by atoms with E-state index in [4.69, 9.17) is 14.2 Å². The molecule has 1 saturated heterocycles. The molecule has 0 aliphatic carbocycles. The number of aryl methyl sites for hydroxylation is 1.